The van der Waals surface area contributed by atoms with E-state index >= 15 is 0 Å². The average Bonchev–Trinajstić information content (AvgIpc) is 3.22. The number of aromatic nitrogens is 2. The molecule has 1 unspecified atom stereocenters. The lowest BCUT2D eigenvalue weighted by Gasteiger charge is -2.22. The van der Waals surface area contributed by atoms with Gasteiger partial charge in [0.15, 0.2) is 0 Å². The Morgan fingerprint density at radius 2 is 2.22 bits per heavy atom. The SMILES string of the molecule is CCC(C)CN(C)c1cc(NN)nc(C2CC2)n1. The predicted molar refractivity (Wildman–Crippen MR) is 74.5 cm³/mol. The lowest BCUT2D eigenvalue weighted by Crippen LogP contribution is -2.25. The van der Waals surface area contributed by atoms with Gasteiger partial charge in [-0.1, -0.05) is 20.3 Å². The van der Waals surface area contributed by atoms with E-state index in [9.17, 15) is 0 Å². The number of hydrazine groups is 1. The first-order chi connectivity index (χ1) is 8.63. The van der Waals surface area contributed by atoms with E-state index in [0.29, 0.717) is 17.7 Å². The summed E-state index contributed by atoms with van der Waals surface area (Å²) in [5.41, 5.74) is 2.63. The molecule has 0 radical (unpaired) electrons. The van der Waals surface area contributed by atoms with Crippen molar-refractivity contribution in [3.63, 3.8) is 0 Å². The highest BCUT2D eigenvalue weighted by molar-refractivity contribution is 5.49. The van der Waals surface area contributed by atoms with Gasteiger partial charge in [-0.25, -0.2) is 15.8 Å². The van der Waals surface area contributed by atoms with Gasteiger partial charge < -0.3 is 10.3 Å². The van der Waals surface area contributed by atoms with Crippen LogP contribution in [0.1, 0.15) is 44.9 Å². The van der Waals surface area contributed by atoms with E-state index in [-0.39, 0.29) is 0 Å². The highest BCUT2D eigenvalue weighted by atomic mass is 15.3. The molecule has 1 atom stereocenters. The summed E-state index contributed by atoms with van der Waals surface area (Å²) < 4.78 is 0. The quantitative estimate of drug-likeness (QED) is 0.597. The minimum atomic E-state index is 0.536. The van der Waals surface area contributed by atoms with Crippen LogP contribution in [-0.2, 0) is 0 Å². The molecule has 1 saturated carbocycles. The van der Waals surface area contributed by atoms with Crippen LogP contribution in [0.3, 0.4) is 0 Å². The maximum atomic E-state index is 5.48. The fraction of sp³-hybridized carbons (Fsp3) is 0.692. The third kappa shape index (κ3) is 3.10. The molecule has 5 heteroatoms. The fourth-order valence-electron chi connectivity index (χ4n) is 1.94. The first-order valence-corrected chi connectivity index (χ1v) is 6.70. The molecular weight excluding hydrogens is 226 g/mol. The second kappa shape index (κ2) is 5.52. The van der Waals surface area contributed by atoms with E-state index in [1.165, 1.54) is 19.3 Å². The number of nitrogens with one attached hydrogen (secondary N) is 1. The molecule has 1 aliphatic rings. The zero-order valence-corrected chi connectivity index (χ0v) is 11.5. The Morgan fingerprint density at radius 1 is 1.50 bits per heavy atom. The summed E-state index contributed by atoms with van der Waals surface area (Å²) in [6.45, 7) is 5.46. The minimum absolute atomic E-state index is 0.536. The molecular formula is C13H23N5. The molecule has 1 fully saturated rings. The van der Waals surface area contributed by atoms with Crippen LogP contribution in [0.5, 0.6) is 0 Å². The Morgan fingerprint density at radius 3 is 2.78 bits per heavy atom. The van der Waals surface area contributed by atoms with E-state index in [2.05, 4.69) is 41.2 Å². The standard InChI is InChI=1S/C13H23N5/c1-4-9(2)8-18(3)12-7-11(17-14)15-13(16-12)10-5-6-10/h7,9-10H,4-6,8,14H2,1-3H3,(H,15,16,17). The van der Waals surface area contributed by atoms with E-state index in [0.717, 1.165) is 18.2 Å². The molecule has 1 aliphatic carbocycles. The molecule has 1 aromatic rings. The van der Waals surface area contributed by atoms with E-state index in [4.69, 9.17) is 5.84 Å². The van der Waals surface area contributed by atoms with Crippen molar-refractivity contribution >= 4 is 11.6 Å². The molecule has 0 aliphatic heterocycles. The summed E-state index contributed by atoms with van der Waals surface area (Å²) in [6, 6.07) is 1.91. The monoisotopic (exact) mass is 249 g/mol. The number of hydrogen-bond acceptors (Lipinski definition) is 5. The Labute approximate surface area is 109 Å². The van der Waals surface area contributed by atoms with Crippen LogP contribution in [0, 0.1) is 5.92 Å². The van der Waals surface area contributed by atoms with Gasteiger partial charge in [-0.2, -0.15) is 0 Å². The number of rotatable bonds is 6. The van der Waals surface area contributed by atoms with E-state index in [1.807, 2.05) is 6.07 Å². The Bertz CT molecular complexity index is 402. The molecule has 1 aromatic heterocycles. The predicted octanol–water partition coefficient (Wildman–Crippen LogP) is 2.12. The van der Waals surface area contributed by atoms with Gasteiger partial charge in [0.25, 0.3) is 0 Å². The molecule has 0 bridgehead atoms. The van der Waals surface area contributed by atoms with Crippen molar-refractivity contribution in [2.24, 2.45) is 11.8 Å². The molecule has 0 spiro atoms. The van der Waals surface area contributed by atoms with E-state index in [1.54, 1.807) is 0 Å². The van der Waals surface area contributed by atoms with Crippen molar-refractivity contribution in [3.05, 3.63) is 11.9 Å². The highest BCUT2D eigenvalue weighted by Crippen LogP contribution is 2.39. The van der Waals surface area contributed by atoms with Gasteiger partial charge in [-0.15, -0.1) is 0 Å². The first kappa shape index (κ1) is 13.1. The van der Waals surface area contributed by atoms with Crippen LogP contribution in [-0.4, -0.2) is 23.6 Å². The first-order valence-electron chi connectivity index (χ1n) is 6.70. The zero-order valence-electron chi connectivity index (χ0n) is 11.5. The second-order valence-electron chi connectivity index (χ2n) is 5.28. The number of nitrogen functional groups attached to an aromatic ring is 1. The normalized spacial score (nSPS) is 16.4. The topological polar surface area (TPSA) is 67.1 Å². The largest absolute Gasteiger partial charge is 0.359 e. The molecule has 2 rings (SSSR count). The maximum absolute atomic E-state index is 5.48. The van der Waals surface area contributed by atoms with Crippen LogP contribution < -0.4 is 16.2 Å². The van der Waals surface area contributed by atoms with Crippen LogP contribution in [0.4, 0.5) is 11.6 Å². The molecule has 100 valence electrons. The summed E-state index contributed by atoms with van der Waals surface area (Å²) in [5.74, 6) is 9.26. The van der Waals surface area contributed by atoms with Crippen LogP contribution >= 0.6 is 0 Å². The van der Waals surface area contributed by atoms with Crippen LogP contribution in [0.2, 0.25) is 0 Å². The Kier molecular flexibility index (Phi) is 4.01. The van der Waals surface area contributed by atoms with Crippen molar-refractivity contribution in [2.45, 2.75) is 39.0 Å². The van der Waals surface area contributed by atoms with Gasteiger partial charge in [0, 0.05) is 25.6 Å². The summed E-state index contributed by atoms with van der Waals surface area (Å²) in [4.78, 5) is 11.3. The van der Waals surface area contributed by atoms with Crippen LogP contribution in [0.15, 0.2) is 6.07 Å². The zero-order chi connectivity index (χ0) is 13.1. The molecule has 3 N–H and O–H groups in total. The molecule has 0 saturated heterocycles. The molecule has 0 aromatic carbocycles. The summed E-state index contributed by atoms with van der Waals surface area (Å²) in [5, 5.41) is 0. The fourth-order valence-corrected chi connectivity index (χ4v) is 1.94. The minimum Gasteiger partial charge on any atom is -0.359 e. The molecule has 0 amide bonds. The lowest BCUT2D eigenvalue weighted by atomic mass is 10.1. The summed E-state index contributed by atoms with van der Waals surface area (Å²) >= 11 is 0. The molecule has 1 heterocycles. The van der Waals surface area contributed by atoms with Gasteiger partial charge in [-0.05, 0) is 18.8 Å². The van der Waals surface area contributed by atoms with Crippen molar-refractivity contribution in [2.75, 3.05) is 23.9 Å². The van der Waals surface area contributed by atoms with Crippen molar-refractivity contribution < 1.29 is 0 Å². The van der Waals surface area contributed by atoms with Gasteiger partial charge in [0.1, 0.15) is 17.5 Å². The second-order valence-corrected chi connectivity index (χ2v) is 5.28. The smallest absolute Gasteiger partial charge is 0.145 e. The van der Waals surface area contributed by atoms with Crippen molar-refractivity contribution in [1.82, 2.24) is 9.97 Å². The number of nitrogens with zero attached hydrogens (tertiary/aromatic N) is 3. The number of anilines is 2. The van der Waals surface area contributed by atoms with Gasteiger partial charge in [-0.3, -0.25) is 0 Å². The molecule has 18 heavy (non-hydrogen) atoms. The lowest BCUT2D eigenvalue weighted by molar-refractivity contribution is 0.557. The molecule has 5 nitrogen and oxygen atoms in total. The third-order valence-electron chi connectivity index (χ3n) is 3.49. The van der Waals surface area contributed by atoms with Gasteiger partial charge in [0.05, 0.1) is 0 Å². The van der Waals surface area contributed by atoms with Gasteiger partial charge in [0.2, 0.25) is 0 Å². The summed E-state index contributed by atoms with van der Waals surface area (Å²) in [6.07, 6.45) is 3.57. The van der Waals surface area contributed by atoms with Crippen LogP contribution in [0.25, 0.3) is 0 Å². The number of nitrogens with two attached hydrogens (primary N) is 1. The van der Waals surface area contributed by atoms with Crippen molar-refractivity contribution in [3.8, 4) is 0 Å². The van der Waals surface area contributed by atoms with Gasteiger partial charge >= 0.3 is 0 Å². The average molecular weight is 249 g/mol. The third-order valence-corrected chi connectivity index (χ3v) is 3.49. The van der Waals surface area contributed by atoms with E-state index < -0.39 is 0 Å². The highest BCUT2D eigenvalue weighted by Gasteiger charge is 2.27. The number of hydrogen-bond donors (Lipinski definition) is 2. The Hall–Kier alpha value is -1.36. The Balaban J connectivity index is 2.17. The van der Waals surface area contributed by atoms with Crippen molar-refractivity contribution in [1.29, 1.82) is 0 Å². The maximum Gasteiger partial charge on any atom is 0.145 e. The summed E-state index contributed by atoms with van der Waals surface area (Å²) in [7, 11) is 2.07.